The highest BCUT2D eigenvalue weighted by Crippen LogP contribution is 2.20. The minimum Gasteiger partial charge on any atom is -0.465 e. The van der Waals surface area contributed by atoms with Gasteiger partial charge >= 0.3 is 5.97 Å². The van der Waals surface area contributed by atoms with E-state index in [1.807, 2.05) is 0 Å². The first-order valence-electron chi connectivity index (χ1n) is 13.2. The van der Waals surface area contributed by atoms with Gasteiger partial charge in [-0.1, -0.05) is 91.4 Å². The summed E-state index contributed by atoms with van der Waals surface area (Å²) in [4.78, 5) is 14.4. The number of aliphatic hydroxyl groups is 1. The number of hydrogen-bond acceptors (Lipinski definition) is 4. The molecule has 4 heteroatoms. The monoisotopic (exact) mass is 427 g/mol. The lowest BCUT2D eigenvalue weighted by Crippen LogP contribution is -2.27. The summed E-state index contributed by atoms with van der Waals surface area (Å²) in [6.45, 7) is 10.2. The number of likely N-dealkylation sites (N-methyl/N-ethyl adjacent to an activating group) is 1. The van der Waals surface area contributed by atoms with Crippen molar-refractivity contribution in [3.05, 3.63) is 0 Å². The molecule has 180 valence electrons. The van der Waals surface area contributed by atoms with Gasteiger partial charge in [0, 0.05) is 13.0 Å². The van der Waals surface area contributed by atoms with Crippen molar-refractivity contribution in [1.82, 2.24) is 4.90 Å². The number of carbonyl (C=O) groups is 1. The molecule has 30 heavy (non-hydrogen) atoms. The molecule has 0 radical (unpaired) electrons. The fourth-order valence-corrected chi connectivity index (χ4v) is 4.02. The second-order valence-corrected chi connectivity index (χ2v) is 8.92. The molecule has 0 rings (SSSR count). The minimum atomic E-state index is -0.0146. The number of unbranched alkanes of at least 4 members (excludes halogenated alkanes) is 10. The second kappa shape index (κ2) is 23.1. The van der Waals surface area contributed by atoms with Crippen molar-refractivity contribution >= 4 is 5.97 Å². The van der Waals surface area contributed by atoms with Crippen LogP contribution in [0.4, 0.5) is 0 Å². The molecule has 4 nitrogen and oxygen atoms in total. The van der Waals surface area contributed by atoms with E-state index in [9.17, 15) is 4.79 Å². The summed E-state index contributed by atoms with van der Waals surface area (Å²) >= 11 is 0. The summed E-state index contributed by atoms with van der Waals surface area (Å²) in [5.74, 6) is 0.535. The summed E-state index contributed by atoms with van der Waals surface area (Å²) in [5.41, 5.74) is 0. The molecule has 0 saturated carbocycles. The third kappa shape index (κ3) is 19.4. The maximum Gasteiger partial charge on any atom is 0.305 e. The number of hydrogen-bond donors (Lipinski definition) is 1. The van der Waals surface area contributed by atoms with Gasteiger partial charge in [-0.25, -0.2) is 0 Å². The predicted octanol–water partition coefficient (Wildman–Crippen LogP) is 6.74. The molecule has 1 unspecified atom stereocenters. The SMILES string of the molecule is CCCCCCCCC(CCCCCC)COC(=O)CCCCCN(CC)CCO. The van der Waals surface area contributed by atoms with Crippen LogP contribution in [0.2, 0.25) is 0 Å². The van der Waals surface area contributed by atoms with Gasteiger partial charge in [-0.05, 0) is 44.7 Å². The van der Waals surface area contributed by atoms with E-state index >= 15 is 0 Å². The Morgan fingerprint density at radius 1 is 0.767 bits per heavy atom. The zero-order valence-corrected chi connectivity index (χ0v) is 20.6. The molecule has 0 aliphatic rings. The van der Waals surface area contributed by atoms with E-state index in [0.29, 0.717) is 18.9 Å². The van der Waals surface area contributed by atoms with Crippen molar-refractivity contribution in [3.8, 4) is 0 Å². The Labute approximate surface area is 188 Å². The fraction of sp³-hybridized carbons (Fsp3) is 0.962. The number of carbonyl (C=O) groups excluding carboxylic acids is 1. The molecular formula is C26H53NO3. The maximum atomic E-state index is 12.2. The normalized spacial score (nSPS) is 12.4. The maximum absolute atomic E-state index is 12.2. The Morgan fingerprint density at radius 2 is 1.33 bits per heavy atom. The summed E-state index contributed by atoms with van der Waals surface area (Å²) in [6.07, 6.45) is 19.2. The van der Waals surface area contributed by atoms with E-state index in [1.54, 1.807) is 0 Å². The highest BCUT2D eigenvalue weighted by molar-refractivity contribution is 5.69. The largest absolute Gasteiger partial charge is 0.465 e. The molecule has 0 amide bonds. The van der Waals surface area contributed by atoms with Crippen LogP contribution in [0.1, 0.15) is 124 Å². The topological polar surface area (TPSA) is 49.8 Å². The summed E-state index contributed by atoms with van der Waals surface area (Å²) < 4.78 is 5.66. The molecule has 1 N–H and O–H groups in total. The second-order valence-electron chi connectivity index (χ2n) is 8.92. The van der Waals surface area contributed by atoms with Gasteiger partial charge in [0.1, 0.15) is 0 Å². The molecule has 0 aromatic carbocycles. The van der Waals surface area contributed by atoms with Crippen LogP contribution < -0.4 is 0 Å². The molecule has 0 aliphatic heterocycles. The third-order valence-electron chi connectivity index (χ3n) is 6.13. The fourth-order valence-electron chi connectivity index (χ4n) is 4.02. The van der Waals surface area contributed by atoms with Crippen LogP contribution >= 0.6 is 0 Å². The van der Waals surface area contributed by atoms with Crippen LogP contribution in [0.3, 0.4) is 0 Å². The van der Waals surface area contributed by atoms with Gasteiger partial charge in [0.2, 0.25) is 0 Å². The molecule has 0 bridgehead atoms. The van der Waals surface area contributed by atoms with E-state index in [0.717, 1.165) is 38.9 Å². The highest BCUT2D eigenvalue weighted by Gasteiger charge is 2.12. The average Bonchev–Trinajstić information content (AvgIpc) is 2.75. The number of aliphatic hydroxyl groups excluding tert-OH is 1. The summed E-state index contributed by atoms with van der Waals surface area (Å²) in [6, 6.07) is 0. The Morgan fingerprint density at radius 3 is 1.93 bits per heavy atom. The highest BCUT2D eigenvalue weighted by atomic mass is 16.5. The molecule has 0 fully saturated rings. The van der Waals surface area contributed by atoms with Crippen LogP contribution in [0, 0.1) is 5.92 Å². The van der Waals surface area contributed by atoms with Crippen LogP contribution in [0.25, 0.3) is 0 Å². The van der Waals surface area contributed by atoms with Crippen LogP contribution in [-0.4, -0.2) is 48.8 Å². The smallest absolute Gasteiger partial charge is 0.305 e. The van der Waals surface area contributed by atoms with Gasteiger partial charge in [0.25, 0.3) is 0 Å². The van der Waals surface area contributed by atoms with Gasteiger partial charge in [-0.3, -0.25) is 4.79 Å². The first-order chi connectivity index (χ1) is 14.7. The standard InChI is InChI=1S/C26H53NO3/c1-4-7-9-11-12-15-19-25(18-14-10-8-5-2)24-30-26(29)20-16-13-17-21-27(6-3)22-23-28/h25,28H,4-24H2,1-3H3. The third-order valence-corrected chi connectivity index (χ3v) is 6.13. The van der Waals surface area contributed by atoms with Crippen molar-refractivity contribution in [2.45, 2.75) is 124 Å². The Bertz CT molecular complexity index is 362. The van der Waals surface area contributed by atoms with Gasteiger partial charge in [0.15, 0.2) is 0 Å². The van der Waals surface area contributed by atoms with Gasteiger partial charge in [-0.15, -0.1) is 0 Å². The minimum absolute atomic E-state index is 0.0146. The number of ether oxygens (including phenoxy) is 1. The van der Waals surface area contributed by atoms with Crippen molar-refractivity contribution in [1.29, 1.82) is 0 Å². The van der Waals surface area contributed by atoms with E-state index in [-0.39, 0.29) is 12.6 Å². The molecule has 0 saturated heterocycles. The van der Waals surface area contributed by atoms with Crippen LogP contribution in [0.5, 0.6) is 0 Å². The molecule has 0 aromatic heterocycles. The van der Waals surface area contributed by atoms with Crippen LogP contribution in [-0.2, 0) is 9.53 Å². The van der Waals surface area contributed by atoms with Crippen molar-refractivity contribution < 1.29 is 14.6 Å². The Balaban J connectivity index is 3.97. The van der Waals surface area contributed by atoms with E-state index < -0.39 is 0 Å². The molecule has 0 heterocycles. The molecular weight excluding hydrogens is 374 g/mol. The quantitative estimate of drug-likeness (QED) is 0.145. The predicted molar refractivity (Wildman–Crippen MR) is 129 cm³/mol. The summed E-state index contributed by atoms with van der Waals surface area (Å²) in [5, 5.41) is 9.03. The number of nitrogens with zero attached hydrogens (tertiary/aromatic N) is 1. The van der Waals surface area contributed by atoms with Crippen molar-refractivity contribution in [3.63, 3.8) is 0 Å². The zero-order valence-electron chi connectivity index (χ0n) is 20.6. The molecule has 0 aromatic rings. The zero-order chi connectivity index (χ0) is 22.3. The lowest BCUT2D eigenvalue weighted by Gasteiger charge is -2.19. The molecule has 1 atom stereocenters. The van der Waals surface area contributed by atoms with E-state index in [1.165, 1.54) is 77.0 Å². The molecule has 0 aliphatic carbocycles. The first-order valence-corrected chi connectivity index (χ1v) is 13.2. The first kappa shape index (κ1) is 29.4. The van der Waals surface area contributed by atoms with E-state index in [4.69, 9.17) is 9.84 Å². The Kier molecular flexibility index (Phi) is 22.6. The van der Waals surface area contributed by atoms with Gasteiger partial charge < -0.3 is 14.7 Å². The van der Waals surface area contributed by atoms with Gasteiger partial charge in [0.05, 0.1) is 13.2 Å². The lowest BCUT2D eigenvalue weighted by molar-refractivity contribution is -0.145. The molecule has 0 spiro atoms. The van der Waals surface area contributed by atoms with Crippen molar-refractivity contribution in [2.24, 2.45) is 5.92 Å². The Hall–Kier alpha value is -0.610. The van der Waals surface area contributed by atoms with Gasteiger partial charge in [-0.2, -0.15) is 0 Å². The summed E-state index contributed by atoms with van der Waals surface area (Å²) in [7, 11) is 0. The van der Waals surface area contributed by atoms with E-state index in [2.05, 4.69) is 25.7 Å². The van der Waals surface area contributed by atoms with Crippen molar-refractivity contribution in [2.75, 3.05) is 32.8 Å². The lowest BCUT2D eigenvalue weighted by atomic mass is 9.95. The number of esters is 1. The number of rotatable bonds is 23. The average molecular weight is 428 g/mol. The van der Waals surface area contributed by atoms with Crippen LogP contribution in [0.15, 0.2) is 0 Å².